The average molecular weight is 360 g/mol. The second-order valence-electron chi connectivity index (χ2n) is 5.50. The van der Waals surface area contributed by atoms with E-state index < -0.39 is 12.2 Å². The zero-order valence-corrected chi connectivity index (χ0v) is 15.4. The molecule has 140 valence electrons. The molecule has 0 saturated carbocycles. The Morgan fingerprint density at radius 2 is 1.58 bits per heavy atom. The molecule has 0 bridgehead atoms. The van der Waals surface area contributed by atoms with E-state index in [4.69, 9.17) is 23.7 Å². The monoisotopic (exact) mass is 360 g/mol. The highest BCUT2D eigenvalue weighted by Crippen LogP contribution is 2.33. The molecular weight excluding hydrogens is 336 g/mol. The summed E-state index contributed by atoms with van der Waals surface area (Å²) >= 11 is 0. The predicted octanol–water partition coefficient (Wildman–Crippen LogP) is 3.26. The number of methoxy groups -OCH3 is 4. The Kier molecular flexibility index (Phi) is 7.59. The highest BCUT2D eigenvalue weighted by Gasteiger charge is 2.33. The second kappa shape index (κ2) is 9.91. The summed E-state index contributed by atoms with van der Waals surface area (Å²) in [5, 5.41) is 0. The van der Waals surface area contributed by atoms with Gasteiger partial charge < -0.3 is 23.7 Å². The first kappa shape index (κ1) is 19.9. The largest absolute Gasteiger partial charge is 0.497 e. The van der Waals surface area contributed by atoms with Gasteiger partial charge in [0.2, 0.25) is 0 Å². The zero-order valence-electron chi connectivity index (χ0n) is 15.4. The molecular formula is C20H24O6. The topological polar surface area (TPSA) is 63.2 Å². The Hall–Kier alpha value is -2.41. The second-order valence-corrected chi connectivity index (χ2v) is 5.50. The van der Waals surface area contributed by atoms with Gasteiger partial charge in [0.05, 0.1) is 7.11 Å². The molecule has 2 aromatic carbocycles. The molecule has 0 N–H and O–H groups in total. The number of ether oxygens (including phenoxy) is 5. The highest BCUT2D eigenvalue weighted by molar-refractivity contribution is 6.01. The fourth-order valence-corrected chi connectivity index (χ4v) is 2.71. The Morgan fingerprint density at radius 3 is 2.15 bits per heavy atom. The van der Waals surface area contributed by atoms with Gasteiger partial charge in [0.25, 0.3) is 0 Å². The van der Waals surface area contributed by atoms with Gasteiger partial charge in [0.15, 0.2) is 18.9 Å². The number of para-hydroxylation sites is 1. The number of benzene rings is 2. The summed E-state index contributed by atoms with van der Waals surface area (Å²) in [6.45, 7) is 0.0745. The molecule has 1 unspecified atom stereocenters. The Morgan fingerprint density at radius 1 is 0.923 bits per heavy atom. The van der Waals surface area contributed by atoms with E-state index in [1.165, 1.54) is 21.3 Å². The zero-order chi connectivity index (χ0) is 18.9. The normalized spacial score (nSPS) is 12.0. The van der Waals surface area contributed by atoms with Crippen LogP contribution in [0.15, 0.2) is 48.5 Å². The first-order valence-corrected chi connectivity index (χ1v) is 8.10. The number of ketones is 1. The van der Waals surface area contributed by atoms with Crippen LogP contribution in [0.1, 0.15) is 21.8 Å². The van der Waals surface area contributed by atoms with Crippen LogP contribution < -0.4 is 9.47 Å². The lowest BCUT2D eigenvalue weighted by Crippen LogP contribution is -2.30. The van der Waals surface area contributed by atoms with E-state index >= 15 is 0 Å². The van der Waals surface area contributed by atoms with E-state index in [1.54, 1.807) is 37.4 Å². The van der Waals surface area contributed by atoms with Gasteiger partial charge in [-0.05, 0) is 30.3 Å². The lowest BCUT2D eigenvalue weighted by molar-refractivity contribution is -0.111. The van der Waals surface area contributed by atoms with Gasteiger partial charge in [-0.2, -0.15) is 0 Å². The van der Waals surface area contributed by atoms with Crippen LogP contribution in [0.4, 0.5) is 0 Å². The Labute approximate surface area is 153 Å². The quantitative estimate of drug-likeness (QED) is 0.479. The number of rotatable bonds is 10. The van der Waals surface area contributed by atoms with Crippen molar-refractivity contribution in [2.24, 2.45) is 0 Å². The van der Waals surface area contributed by atoms with Crippen molar-refractivity contribution >= 4 is 5.78 Å². The first-order valence-electron chi connectivity index (χ1n) is 8.10. The van der Waals surface area contributed by atoms with Crippen molar-refractivity contribution in [2.45, 2.75) is 12.2 Å². The number of hydrogen-bond donors (Lipinski definition) is 0. The van der Waals surface area contributed by atoms with Crippen LogP contribution in [-0.4, -0.2) is 47.3 Å². The van der Waals surface area contributed by atoms with Crippen LogP contribution >= 0.6 is 0 Å². The van der Waals surface area contributed by atoms with Crippen LogP contribution in [-0.2, 0) is 14.2 Å². The minimum atomic E-state index is -0.767. The lowest BCUT2D eigenvalue weighted by atomic mass is 9.89. The van der Waals surface area contributed by atoms with Crippen molar-refractivity contribution < 1.29 is 28.5 Å². The Balaban J connectivity index is 2.45. The van der Waals surface area contributed by atoms with E-state index in [1.807, 2.05) is 18.2 Å². The Bertz CT molecular complexity index is 694. The standard InChI is InChI=1S/C20H24O6/c1-22-13-26-17-8-6-5-7-16(17)18(20(24-3)25-4)19(21)14-9-11-15(23-2)12-10-14/h5-12,18,20H,13H2,1-4H3. The van der Waals surface area contributed by atoms with Crippen LogP contribution in [0.2, 0.25) is 0 Å². The number of carbonyl (C=O) groups excluding carboxylic acids is 1. The summed E-state index contributed by atoms with van der Waals surface area (Å²) in [6, 6.07) is 14.2. The van der Waals surface area contributed by atoms with Crippen molar-refractivity contribution in [3.63, 3.8) is 0 Å². The third kappa shape index (κ3) is 4.60. The van der Waals surface area contributed by atoms with E-state index in [2.05, 4.69) is 0 Å². The van der Waals surface area contributed by atoms with Crippen molar-refractivity contribution in [1.82, 2.24) is 0 Å². The van der Waals surface area contributed by atoms with Crippen molar-refractivity contribution in [3.05, 3.63) is 59.7 Å². The molecule has 0 heterocycles. The van der Waals surface area contributed by atoms with Crippen molar-refractivity contribution in [2.75, 3.05) is 35.2 Å². The summed E-state index contributed by atoms with van der Waals surface area (Å²) in [7, 11) is 6.12. The molecule has 2 rings (SSSR count). The van der Waals surface area contributed by atoms with Gasteiger partial charge in [-0.25, -0.2) is 0 Å². The molecule has 0 aliphatic rings. The van der Waals surface area contributed by atoms with Gasteiger partial charge in [-0.3, -0.25) is 4.79 Å². The summed E-state index contributed by atoms with van der Waals surface area (Å²) in [4.78, 5) is 13.2. The number of Topliss-reactive ketones (excluding diaryl/α,β-unsaturated/α-hetero) is 1. The fraction of sp³-hybridized carbons (Fsp3) is 0.350. The summed E-state index contributed by atoms with van der Waals surface area (Å²) < 4.78 is 26.6. The van der Waals surface area contributed by atoms with Crippen LogP contribution in [0.25, 0.3) is 0 Å². The fourth-order valence-electron chi connectivity index (χ4n) is 2.71. The number of hydrogen-bond acceptors (Lipinski definition) is 6. The summed E-state index contributed by atoms with van der Waals surface area (Å²) in [5.74, 6) is 0.374. The minimum absolute atomic E-state index is 0.0745. The molecule has 6 heteroatoms. The lowest BCUT2D eigenvalue weighted by Gasteiger charge is -2.26. The predicted molar refractivity (Wildman–Crippen MR) is 96.8 cm³/mol. The average Bonchev–Trinajstić information content (AvgIpc) is 2.70. The van der Waals surface area contributed by atoms with E-state index in [9.17, 15) is 4.79 Å². The molecule has 0 amide bonds. The maximum Gasteiger partial charge on any atom is 0.188 e. The molecule has 0 radical (unpaired) electrons. The third-order valence-electron chi connectivity index (χ3n) is 3.98. The van der Waals surface area contributed by atoms with Crippen LogP contribution in [0.5, 0.6) is 11.5 Å². The summed E-state index contributed by atoms with van der Waals surface area (Å²) in [6.07, 6.45) is -0.767. The molecule has 6 nitrogen and oxygen atoms in total. The molecule has 0 aliphatic carbocycles. The van der Waals surface area contributed by atoms with Gasteiger partial charge in [0.1, 0.15) is 17.4 Å². The first-order chi connectivity index (χ1) is 12.7. The van der Waals surface area contributed by atoms with E-state index in [0.717, 1.165) is 0 Å². The van der Waals surface area contributed by atoms with Gasteiger partial charge >= 0.3 is 0 Å². The molecule has 26 heavy (non-hydrogen) atoms. The van der Waals surface area contributed by atoms with E-state index in [0.29, 0.717) is 22.6 Å². The molecule has 2 aromatic rings. The maximum atomic E-state index is 13.2. The molecule has 0 aliphatic heterocycles. The molecule has 0 fully saturated rings. The molecule has 1 atom stereocenters. The highest BCUT2D eigenvalue weighted by atomic mass is 16.7. The maximum absolute atomic E-state index is 13.2. The minimum Gasteiger partial charge on any atom is -0.497 e. The molecule has 0 saturated heterocycles. The third-order valence-corrected chi connectivity index (χ3v) is 3.98. The van der Waals surface area contributed by atoms with Crippen LogP contribution in [0, 0.1) is 0 Å². The van der Waals surface area contributed by atoms with Crippen LogP contribution in [0.3, 0.4) is 0 Å². The van der Waals surface area contributed by atoms with Gasteiger partial charge in [-0.15, -0.1) is 0 Å². The SMILES string of the molecule is COCOc1ccccc1C(C(=O)c1ccc(OC)cc1)C(OC)OC. The van der Waals surface area contributed by atoms with Crippen molar-refractivity contribution in [3.8, 4) is 11.5 Å². The summed E-state index contributed by atoms with van der Waals surface area (Å²) in [5.41, 5.74) is 1.19. The van der Waals surface area contributed by atoms with E-state index in [-0.39, 0.29) is 12.6 Å². The van der Waals surface area contributed by atoms with Gasteiger partial charge in [-0.1, -0.05) is 18.2 Å². The molecule has 0 spiro atoms. The molecule has 0 aromatic heterocycles. The number of carbonyl (C=O) groups is 1. The van der Waals surface area contributed by atoms with Gasteiger partial charge in [0, 0.05) is 32.5 Å². The smallest absolute Gasteiger partial charge is 0.188 e. The van der Waals surface area contributed by atoms with Crippen molar-refractivity contribution in [1.29, 1.82) is 0 Å².